The minimum atomic E-state index is -4.80. The summed E-state index contributed by atoms with van der Waals surface area (Å²) in [5, 5.41) is 32.9. The van der Waals surface area contributed by atoms with Crippen LogP contribution in [-0.2, 0) is 25.8 Å². The number of halogens is 3. The van der Waals surface area contributed by atoms with Gasteiger partial charge in [0.2, 0.25) is 15.9 Å². The second kappa shape index (κ2) is 8.70. The van der Waals surface area contributed by atoms with Gasteiger partial charge in [0.25, 0.3) is 5.91 Å². The summed E-state index contributed by atoms with van der Waals surface area (Å²) in [4.78, 5) is 22.7. The molecule has 5 atom stereocenters. The number of primary amides is 1. The van der Waals surface area contributed by atoms with E-state index < -0.39 is 81.2 Å². The van der Waals surface area contributed by atoms with Gasteiger partial charge in [0.15, 0.2) is 0 Å². The molecule has 0 spiro atoms. The average molecular weight is 469 g/mol. The number of hydrogen-bond donors (Lipinski definition) is 6. The summed E-state index contributed by atoms with van der Waals surface area (Å²) in [5.41, 5.74) is 1.40. The maximum Gasteiger partial charge on any atom is 0.416 e. The number of alkyl halides is 3. The topological polar surface area (TPSA) is 179 Å². The molecule has 1 saturated carbocycles. The van der Waals surface area contributed by atoms with E-state index in [4.69, 9.17) is 5.73 Å². The van der Waals surface area contributed by atoms with Gasteiger partial charge in [-0.3, -0.25) is 9.59 Å². The molecule has 1 aliphatic carbocycles. The average Bonchev–Trinajstić information content (AvgIpc) is 2.64. The van der Waals surface area contributed by atoms with Crippen molar-refractivity contribution in [3.8, 4) is 0 Å². The molecule has 1 aliphatic rings. The zero-order valence-electron chi connectivity index (χ0n) is 16.1. The molecule has 0 heterocycles. The molecule has 14 heteroatoms. The van der Waals surface area contributed by atoms with Crippen LogP contribution in [0.2, 0.25) is 0 Å². The molecule has 10 nitrogen and oxygen atoms in total. The first kappa shape index (κ1) is 25.0. The Balaban J connectivity index is 2.28. The molecule has 7 N–H and O–H groups in total. The van der Waals surface area contributed by atoms with Gasteiger partial charge in [0, 0.05) is 12.8 Å². The predicted octanol–water partition coefficient (Wildman–Crippen LogP) is -1.41. The second-order valence-electron chi connectivity index (χ2n) is 7.35. The highest BCUT2D eigenvalue weighted by molar-refractivity contribution is 7.89. The molecule has 0 saturated heterocycles. The largest absolute Gasteiger partial charge is 0.416 e. The SMILES string of the molecule is C[C@@H](NC(=O)[C@]1(O)C[C@@H](O)[C@H](O)[C@@H](NS(=O)(=O)c2cccc(C(F)(F)F)c2)C1)C(N)=O. The summed E-state index contributed by atoms with van der Waals surface area (Å²) < 4.78 is 65.7. The summed E-state index contributed by atoms with van der Waals surface area (Å²) in [5.74, 6) is -2.07. The minimum Gasteiger partial charge on any atom is -0.390 e. The Bertz CT molecular complexity index is 957. The Morgan fingerprint density at radius 2 is 1.87 bits per heavy atom. The van der Waals surface area contributed by atoms with Crippen molar-refractivity contribution in [3.63, 3.8) is 0 Å². The van der Waals surface area contributed by atoms with Gasteiger partial charge in [-0.05, 0) is 25.1 Å². The molecule has 0 bridgehead atoms. The van der Waals surface area contributed by atoms with Crippen LogP contribution < -0.4 is 15.8 Å². The molecule has 1 fully saturated rings. The Hall–Kier alpha value is -2.26. The first-order valence-electron chi connectivity index (χ1n) is 8.95. The van der Waals surface area contributed by atoms with Crippen molar-refractivity contribution in [3.05, 3.63) is 29.8 Å². The monoisotopic (exact) mass is 469 g/mol. The van der Waals surface area contributed by atoms with E-state index in [-0.39, 0.29) is 0 Å². The Morgan fingerprint density at radius 1 is 1.26 bits per heavy atom. The fraction of sp³-hybridized carbons (Fsp3) is 0.529. The summed E-state index contributed by atoms with van der Waals surface area (Å²) in [6.07, 6.45) is -9.76. The minimum absolute atomic E-state index is 0.376. The second-order valence-corrected chi connectivity index (χ2v) is 9.06. The number of benzene rings is 1. The number of carbonyl (C=O) groups excluding carboxylic acids is 2. The lowest BCUT2D eigenvalue weighted by atomic mass is 9.78. The van der Waals surface area contributed by atoms with E-state index in [1.165, 1.54) is 6.92 Å². The number of hydrogen-bond acceptors (Lipinski definition) is 7. The lowest BCUT2D eigenvalue weighted by Crippen LogP contribution is -2.64. The quantitative estimate of drug-likeness (QED) is 0.296. The molecular formula is C17H22F3N3O7S. The van der Waals surface area contributed by atoms with Crippen molar-refractivity contribution in [1.29, 1.82) is 0 Å². The number of amides is 2. The van der Waals surface area contributed by atoms with Gasteiger partial charge in [0.1, 0.15) is 11.6 Å². The number of rotatable bonds is 6. The third kappa shape index (κ3) is 5.71. The number of nitrogens with one attached hydrogen (secondary N) is 2. The van der Waals surface area contributed by atoms with Crippen molar-refractivity contribution in [1.82, 2.24) is 10.0 Å². The first-order valence-corrected chi connectivity index (χ1v) is 10.4. The standard InChI is InChI=1S/C17H22F3N3O7S/c1-8(14(21)26)22-15(27)16(28)6-11(13(25)12(24)7-16)23-31(29,30)10-4-2-3-9(5-10)17(18,19)20/h2-5,8,11-13,23-25,28H,6-7H2,1H3,(H2,21,26)(H,22,27)/t8-,11+,12-,13-,16-/m1/s1. The number of aliphatic hydroxyl groups excluding tert-OH is 2. The molecule has 0 aliphatic heterocycles. The van der Waals surface area contributed by atoms with E-state index in [9.17, 15) is 46.5 Å². The van der Waals surface area contributed by atoms with Crippen LogP contribution in [0.5, 0.6) is 0 Å². The van der Waals surface area contributed by atoms with Crippen molar-refractivity contribution in [2.45, 2.75) is 60.7 Å². The molecule has 2 amide bonds. The fourth-order valence-electron chi connectivity index (χ4n) is 3.11. The van der Waals surface area contributed by atoms with Gasteiger partial charge in [-0.15, -0.1) is 0 Å². The van der Waals surface area contributed by atoms with Gasteiger partial charge >= 0.3 is 6.18 Å². The van der Waals surface area contributed by atoms with E-state index in [0.29, 0.717) is 12.1 Å². The highest BCUT2D eigenvalue weighted by Crippen LogP contribution is 2.32. The Kier molecular flexibility index (Phi) is 7.02. The van der Waals surface area contributed by atoms with Crippen LogP contribution in [0.15, 0.2) is 29.2 Å². The van der Waals surface area contributed by atoms with Gasteiger partial charge in [-0.25, -0.2) is 13.1 Å². The molecule has 0 unspecified atom stereocenters. The summed E-state index contributed by atoms with van der Waals surface area (Å²) in [6.45, 7) is 1.23. The lowest BCUT2D eigenvalue weighted by Gasteiger charge is -2.41. The smallest absolute Gasteiger partial charge is 0.390 e. The maximum absolute atomic E-state index is 12.9. The normalized spacial score (nSPS) is 28.0. The zero-order valence-corrected chi connectivity index (χ0v) is 16.9. The predicted molar refractivity (Wildman–Crippen MR) is 98.6 cm³/mol. The highest BCUT2D eigenvalue weighted by Gasteiger charge is 2.50. The van der Waals surface area contributed by atoms with Crippen LogP contribution in [0.3, 0.4) is 0 Å². The summed E-state index contributed by atoms with van der Waals surface area (Å²) in [7, 11) is -4.65. The van der Waals surface area contributed by atoms with Crippen LogP contribution in [-0.4, -0.2) is 65.4 Å². The number of carbonyl (C=O) groups is 2. The molecule has 1 aromatic carbocycles. The summed E-state index contributed by atoms with van der Waals surface area (Å²) >= 11 is 0. The van der Waals surface area contributed by atoms with E-state index in [1.54, 1.807) is 0 Å². The van der Waals surface area contributed by atoms with Crippen LogP contribution in [0.4, 0.5) is 13.2 Å². The zero-order chi connectivity index (χ0) is 23.8. The van der Waals surface area contributed by atoms with Crippen LogP contribution in [0.25, 0.3) is 0 Å². The van der Waals surface area contributed by atoms with Crippen molar-refractivity contribution < 1.29 is 46.5 Å². The van der Waals surface area contributed by atoms with Crippen LogP contribution in [0, 0.1) is 0 Å². The van der Waals surface area contributed by atoms with Crippen LogP contribution in [0.1, 0.15) is 25.3 Å². The Morgan fingerprint density at radius 3 is 2.42 bits per heavy atom. The van der Waals surface area contributed by atoms with Gasteiger partial charge in [0.05, 0.1) is 28.7 Å². The molecule has 1 aromatic rings. The van der Waals surface area contributed by atoms with E-state index in [2.05, 4.69) is 5.32 Å². The molecule has 2 rings (SSSR count). The molecule has 0 aromatic heterocycles. The van der Waals surface area contributed by atoms with Crippen molar-refractivity contribution in [2.75, 3.05) is 0 Å². The van der Waals surface area contributed by atoms with Gasteiger partial charge in [-0.1, -0.05) is 6.07 Å². The molecule has 0 radical (unpaired) electrons. The van der Waals surface area contributed by atoms with Crippen LogP contribution >= 0.6 is 0 Å². The molecule has 174 valence electrons. The molecule has 31 heavy (non-hydrogen) atoms. The Labute approximate surface area is 175 Å². The third-order valence-corrected chi connectivity index (χ3v) is 6.37. The number of sulfonamides is 1. The van der Waals surface area contributed by atoms with Crippen molar-refractivity contribution >= 4 is 21.8 Å². The van der Waals surface area contributed by atoms with Gasteiger partial charge < -0.3 is 26.4 Å². The third-order valence-electron chi connectivity index (χ3n) is 4.89. The first-order chi connectivity index (χ1) is 14.1. The molecular weight excluding hydrogens is 447 g/mol. The van der Waals surface area contributed by atoms with E-state index >= 15 is 0 Å². The number of aliphatic hydroxyl groups is 3. The van der Waals surface area contributed by atoms with Crippen molar-refractivity contribution in [2.24, 2.45) is 5.73 Å². The lowest BCUT2D eigenvalue weighted by molar-refractivity contribution is -0.158. The fourth-order valence-corrected chi connectivity index (χ4v) is 4.41. The highest BCUT2D eigenvalue weighted by atomic mass is 32.2. The van der Waals surface area contributed by atoms with E-state index in [1.807, 2.05) is 4.72 Å². The van der Waals surface area contributed by atoms with Gasteiger partial charge in [-0.2, -0.15) is 13.2 Å². The summed E-state index contributed by atoms with van der Waals surface area (Å²) in [6, 6.07) is -0.0265. The maximum atomic E-state index is 12.9. The number of nitrogens with two attached hydrogens (primary N) is 1. The van der Waals surface area contributed by atoms with E-state index in [0.717, 1.165) is 12.1 Å².